The van der Waals surface area contributed by atoms with Crippen LogP contribution in [0, 0.1) is 0 Å². The van der Waals surface area contributed by atoms with E-state index in [0.29, 0.717) is 19.7 Å². The van der Waals surface area contributed by atoms with E-state index in [1.807, 2.05) is 37.3 Å². The Hall–Kier alpha value is -1.71. The van der Waals surface area contributed by atoms with Crippen LogP contribution < -0.4 is 15.4 Å². The number of amides is 2. The summed E-state index contributed by atoms with van der Waals surface area (Å²) in [6.45, 7) is 3.48. The summed E-state index contributed by atoms with van der Waals surface area (Å²) in [5.74, 6) is 0.815. The summed E-state index contributed by atoms with van der Waals surface area (Å²) in [6, 6.07) is 9.35. The van der Waals surface area contributed by atoms with E-state index in [1.54, 1.807) is 0 Å². The maximum atomic E-state index is 11.0. The molecule has 0 heterocycles. The largest absolute Gasteiger partial charge is 0.492 e. The second kappa shape index (κ2) is 6.70. The molecule has 1 aromatic carbocycles. The van der Waals surface area contributed by atoms with Crippen molar-refractivity contribution in [2.24, 2.45) is 0 Å². The minimum absolute atomic E-state index is 0.158. The number of hydrogen-bond acceptors (Lipinski definition) is 2. The van der Waals surface area contributed by atoms with Gasteiger partial charge in [0.25, 0.3) is 0 Å². The molecule has 0 radical (unpaired) electrons. The van der Waals surface area contributed by atoms with Crippen LogP contribution in [0.25, 0.3) is 0 Å². The van der Waals surface area contributed by atoms with E-state index >= 15 is 0 Å². The Bertz CT molecular complexity index is 288. The van der Waals surface area contributed by atoms with Crippen LogP contribution in [-0.4, -0.2) is 25.7 Å². The van der Waals surface area contributed by atoms with Gasteiger partial charge in [0.05, 0.1) is 6.54 Å². The zero-order valence-electron chi connectivity index (χ0n) is 8.82. The maximum absolute atomic E-state index is 11.0. The highest BCUT2D eigenvalue weighted by atomic mass is 16.5. The van der Waals surface area contributed by atoms with E-state index in [1.165, 1.54) is 0 Å². The maximum Gasteiger partial charge on any atom is 0.314 e. The molecule has 0 aliphatic heterocycles. The van der Waals surface area contributed by atoms with E-state index in [2.05, 4.69) is 10.6 Å². The number of ether oxygens (including phenoxy) is 1. The summed E-state index contributed by atoms with van der Waals surface area (Å²) in [5, 5.41) is 5.32. The minimum Gasteiger partial charge on any atom is -0.492 e. The molecule has 0 saturated heterocycles. The molecule has 15 heavy (non-hydrogen) atoms. The predicted octanol–water partition coefficient (Wildman–Crippen LogP) is 1.38. The standard InChI is InChI=1S/C11H16N2O2/c1-2-12-11(14)13-8-9-15-10-6-4-3-5-7-10/h3-7H,2,8-9H2,1H3,(H2,12,13,14). The zero-order chi connectivity index (χ0) is 10.9. The molecule has 1 aromatic rings. The zero-order valence-corrected chi connectivity index (χ0v) is 8.82. The Morgan fingerprint density at radius 1 is 1.27 bits per heavy atom. The Balaban J connectivity index is 2.10. The Labute approximate surface area is 89.6 Å². The van der Waals surface area contributed by atoms with E-state index in [9.17, 15) is 4.79 Å². The van der Waals surface area contributed by atoms with Crippen molar-refractivity contribution in [1.29, 1.82) is 0 Å². The summed E-state index contributed by atoms with van der Waals surface area (Å²) < 4.78 is 5.39. The molecule has 82 valence electrons. The van der Waals surface area contributed by atoms with E-state index in [4.69, 9.17) is 4.74 Å². The monoisotopic (exact) mass is 208 g/mol. The van der Waals surface area contributed by atoms with Crippen molar-refractivity contribution in [3.05, 3.63) is 30.3 Å². The highest BCUT2D eigenvalue weighted by Crippen LogP contribution is 2.07. The molecule has 2 N–H and O–H groups in total. The lowest BCUT2D eigenvalue weighted by atomic mass is 10.3. The SMILES string of the molecule is CCNC(=O)NCCOc1ccccc1. The van der Waals surface area contributed by atoms with Crippen LogP contribution in [0.5, 0.6) is 5.75 Å². The van der Waals surface area contributed by atoms with Gasteiger partial charge in [-0.1, -0.05) is 18.2 Å². The first-order valence-corrected chi connectivity index (χ1v) is 5.02. The van der Waals surface area contributed by atoms with Crippen molar-refractivity contribution < 1.29 is 9.53 Å². The fraction of sp³-hybridized carbons (Fsp3) is 0.364. The molecule has 0 fully saturated rings. The number of rotatable bonds is 5. The van der Waals surface area contributed by atoms with Gasteiger partial charge < -0.3 is 15.4 Å². The van der Waals surface area contributed by atoms with Gasteiger partial charge in [-0.05, 0) is 19.1 Å². The predicted molar refractivity (Wildman–Crippen MR) is 59.0 cm³/mol. The van der Waals surface area contributed by atoms with Crippen molar-refractivity contribution in [3.8, 4) is 5.75 Å². The topological polar surface area (TPSA) is 50.4 Å². The third kappa shape index (κ3) is 4.90. The Morgan fingerprint density at radius 2 is 2.00 bits per heavy atom. The number of benzene rings is 1. The van der Waals surface area contributed by atoms with Crippen molar-refractivity contribution >= 4 is 6.03 Å². The highest BCUT2D eigenvalue weighted by Gasteiger charge is 1.96. The van der Waals surface area contributed by atoms with Crippen molar-refractivity contribution in [2.45, 2.75) is 6.92 Å². The number of para-hydroxylation sites is 1. The molecule has 0 spiro atoms. The molecule has 0 bridgehead atoms. The van der Waals surface area contributed by atoms with Gasteiger partial charge in [0.15, 0.2) is 0 Å². The van der Waals surface area contributed by atoms with Crippen LogP contribution >= 0.6 is 0 Å². The van der Waals surface area contributed by atoms with Gasteiger partial charge in [0.2, 0.25) is 0 Å². The molecule has 0 atom stereocenters. The molecule has 0 saturated carbocycles. The number of carbonyl (C=O) groups excluding carboxylic acids is 1. The van der Waals surface area contributed by atoms with E-state index in [0.717, 1.165) is 5.75 Å². The molecule has 1 rings (SSSR count). The molecular formula is C11H16N2O2. The average molecular weight is 208 g/mol. The van der Waals surface area contributed by atoms with Gasteiger partial charge in [0.1, 0.15) is 12.4 Å². The van der Waals surface area contributed by atoms with Gasteiger partial charge in [-0.2, -0.15) is 0 Å². The molecule has 4 heteroatoms. The van der Waals surface area contributed by atoms with Crippen LogP contribution in [-0.2, 0) is 0 Å². The van der Waals surface area contributed by atoms with Gasteiger partial charge in [-0.25, -0.2) is 4.79 Å². The first-order valence-electron chi connectivity index (χ1n) is 5.02. The van der Waals surface area contributed by atoms with Gasteiger partial charge in [0, 0.05) is 6.54 Å². The smallest absolute Gasteiger partial charge is 0.314 e. The van der Waals surface area contributed by atoms with Gasteiger partial charge in [-0.15, -0.1) is 0 Å². The second-order valence-corrected chi connectivity index (χ2v) is 2.95. The lowest BCUT2D eigenvalue weighted by molar-refractivity contribution is 0.237. The van der Waals surface area contributed by atoms with Crippen LogP contribution in [0.15, 0.2) is 30.3 Å². The van der Waals surface area contributed by atoms with Gasteiger partial charge in [-0.3, -0.25) is 0 Å². The summed E-state index contributed by atoms with van der Waals surface area (Å²) in [7, 11) is 0. The molecule has 0 aliphatic rings. The summed E-state index contributed by atoms with van der Waals surface area (Å²) in [4.78, 5) is 11.0. The van der Waals surface area contributed by atoms with Crippen LogP contribution in [0.3, 0.4) is 0 Å². The summed E-state index contributed by atoms with van der Waals surface area (Å²) in [5.41, 5.74) is 0. The number of hydrogen-bond donors (Lipinski definition) is 2. The molecule has 0 aliphatic carbocycles. The summed E-state index contributed by atoms with van der Waals surface area (Å²) >= 11 is 0. The molecule has 0 aromatic heterocycles. The lowest BCUT2D eigenvalue weighted by Crippen LogP contribution is -2.37. The number of urea groups is 1. The fourth-order valence-corrected chi connectivity index (χ4v) is 1.07. The highest BCUT2D eigenvalue weighted by molar-refractivity contribution is 5.73. The average Bonchev–Trinajstić information content (AvgIpc) is 2.26. The minimum atomic E-state index is -0.158. The summed E-state index contributed by atoms with van der Waals surface area (Å²) in [6.07, 6.45) is 0. The third-order valence-electron chi connectivity index (χ3n) is 1.74. The second-order valence-electron chi connectivity index (χ2n) is 2.95. The Morgan fingerprint density at radius 3 is 2.67 bits per heavy atom. The first kappa shape index (κ1) is 11.4. The van der Waals surface area contributed by atoms with E-state index in [-0.39, 0.29) is 6.03 Å². The van der Waals surface area contributed by atoms with Crippen LogP contribution in [0.2, 0.25) is 0 Å². The van der Waals surface area contributed by atoms with Gasteiger partial charge >= 0.3 is 6.03 Å². The van der Waals surface area contributed by atoms with Crippen LogP contribution in [0.1, 0.15) is 6.92 Å². The van der Waals surface area contributed by atoms with E-state index < -0.39 is 0 Å². The van der Waals surface area contributed by atoms with Crippen molar-refractivity contribution in [1.82, 2.24) is 10.6 Å². The Kier molecular flexibility index (Phi) is 5.08. The third-order valence-corrected chi connectivity index (χ3v) is 1.74. The number of carbonyl (C=O) groups is 1. The normalized spacial score (nSPS) is 9.40. The molecule has 4 nitrogen and oxygen atoms in total. The molecule has 2 amide bonds. The first-order chi connectivity index (χ1) is 7.33. The van der Waals surface area contributed by atoms with Crippen molar-refractivity contribution in [3.63, 3.8) is 0 Å². The lowest BCUT2D eigenvalue weighted by Gasteiger charge is -2.07. The van der Waals surface area contributed by atoms with Crippen molar-refractivity contribution in [2.75, 3.05) is 19.7 Å². The quantitative estimate of drug-likeness (QED) is 0.718. The van der Waals surface area contributed by atoms with Crippen LogP contribution in [0.4, 0.5) is 4.79 Å². The molecular weight excluding hydrogens is 192 g/mol. The molecule has 0 unspecified atom stereocenters. The fourth-order valence-electron chi connectivity index (χ4n) is 1.07. The number of nitrogens with one attached hydrogen (secondary N) is 2.